The molecule has 140 valence electrons. The maximum atomic E-state index is 12.2. The van der Waals surface area contributed by atoms with Crippen LogP contribution in [0.1, 0.15) is 43.0 Å². The molecule has 1 aliphatic heterocycles. The highest BCUT2D eigenvalue weighted by Crippen LogP contribution is 2.32. The summed E-state index contributed by atoms with van der Waals surface area (Å²) in [6, 6.07) is 4.74. The highest BCUT2D eigenvalue weighted by Gasteiger charge is 2.26. The number of hydrogen-bond donors (Lipinski definition) is 2. The zero-order chi connectivity index (χ0) is 18.7. The second-order valence-corrected chi connectivity index (χ2v) is 7.18. The van der Waals surface area contributed by atoms with Crippen LogP contribution in [0.4, 0.5) is 11.4 Å². The molecular formula is C18H24N4O4. The van der Waals surface area contributed by atoms with Crippen molar-refractivity contribution in [3.05, 3.63) is 33.9 Å². The van der Waals surface area contributed by atoms with E-state index in [1.54, 1.807) is 12.1 Å². The van der Waals surface area contributed by atoms with E-state index >= 15 is 0 Å². The van der Waals surface area contributed by atoms with Gasteiger partial charge in [-0.15, -0.1) is 0 Å². The number of anilines is 1. The molecule has 26 heavy (non-hydrogen) atoms. The van der Waals surface area contributed by atoms with E-state index in [-0.39, 0.29) is 29.7 Å². The quantitative estimate of drug-likeness (QED) is 0.595. The van der Waals surface area contributed by atoms with Crippen molar-refractivity contribution in [1.82, 2.24) is 10.6 Å². The van der Waals surface area contributed by atoms with E-state index < -0.39 is 10.8 Å². The van der Waals surface area contributed by atoms with Gasteiger partial charge in [0.15, 0.2) is 0 Å². The molecule has 1 aromatic carbocycles. The van der Waals surface area contributed by atoms with E-state index in [1.807, 2.05) is 4.90 Å². The SMILES string of the molecule is CC1CCCN(c2ccc(C(=O)NCC(=O)NC3CC3)cc2[N+](=O)[O-])C1. The number of amides is 2. The van der Waals surface area contributed by atoms with Crippen molar-refractivity contribution in [3.8, 4) is 0 Å². The van der Waals surface area contributed by atoms with Gasteiger partial charge in [0.25, 0.3) is 11.6 Å². The molecule has 2 aliphatic rings. The van der Waals surface area contributed by atoms with E-state index in [4.69, 9.17) is 0 Å². The summed E-state index contributed by atoms with van der Waals surface area (Å²) in [7, 11) is 0. The Balaban J connectivity index is 1.69. The van der Waals surface area contributed by atoms with Gasteiger partial charge in [0.05, 0.1) is 11.5 Å². The number of nitro benzene ring substituents is 1. The molecule has 1 atom stereocenters. The molecule has 0 spiro atoms. The van der Waals surface area contributed by atoms with Crippen LogP contribution in [0.3, 0.4) is 0 Å². The van der Waals surface area contributed by atoms with E-state index in [1.165, 1.54) is 6.07 Å². The summed E-state index contributed by atoms with van der Waals surface area (Å²) >= 11 is 0. The predicted octanol–water partition coefficient (Wildman–Crippen LogP) is 1.84. The molecule has 8 heteroatoms. The van der Waals surface area contributed by atoms with E-state index in [9.17, 15) is 19.7 Å². The first-order valence-corrected chi connectivity index (χ1v) is 9.05. The maximum Gasteiger partial charge on any atom is 0.293 e. The van der Waals surface area contributed by atoms with Crippen LogP contribution in [0.25, 0.3) is 0 Å². The Labute approximate surface area is 152 Å². The Bertz CT molecular complexity index is 717. The topological polar surface area (TPSA) is 105 Å². The number of nitrogens with zero attached hydrogens (tertiary/aromatic N) is 2. The third-order valence-corrected chi connectivity index (χ3v) is 4.78. The normalized spacial score (nSPS) is 19.7. The molecular weight excluding hydrogens is 336 g/mol. The lowest BCUT2D eigenvalue weighted by Gasteiger charge is -2.32. The van der Waals surface area contributed by atoms with Gasteiger partial charge in [0.2, 0.25) is 5.91 Å². The lowest BCUT2D eigenvalue weighted by Crippen LogP contribution is -2.38. The lowest BCUT2D eigenvalue weighted by molar-refractivity contribution is -0.384. The molecule has 1 unspecified atom stereocenters. The minimum absolute atomic E-state index is 0.0748. The third kappa shape index (κ3) is 4.50. The van der Waals surface area contributed by atoms with Crippen molar-refractivity contribution in [2.24, 2.45) is 5.92 Å². The summed E-state index contributed by atoms with van der Waals surface area (Å²) in [6.45, 7) is 3.55. The van der Waals surface area contributed by atoms with Gasteiger partial charge in [-0.05, 0) is 43.7 Å². The number of carbonyl (C=O) groups is 2. The largest absolute Gasteiger partial charge is 0.366 e. The molecule has 1 saturated carbocycles. The van der Waals surface area contributed by atoms with Crippen molar-refractivity contribution < 1.29 is 14.5 Å². The highest BCUT2D eigenvalue weighted by atomic mass is 16.6. The standard InChI is InChI=1S/C18H24N4O4/c1-12-3-2-8-21(11-12)15-7-4-13(9-16(15)22(25)26)18(24)19-10-17(23)20-14-5-6-14/h4,7,9,12,14H,2-3,5-6,8,10-11H2,1H3,(H,19,24)(H,20,23). The summed E-state index contributed by atoms with van der Waals surface area (Å²) in [5.74, 6) is -0.247. The Kier molecular flexibility index (Phi) is 5.39. The first-order valence-electron chi connectivity index (χ1n) is 9.05. The minimum Gasteiger partial charge on any atom is -0.366 e. The average Bonchev–Trinajstić information content (AvgIpc) is 3.43. The Morgan fingerprint density at radius 2 is 2.08 bits per heavy atom. The molecule has 3 rings (SSSR count). The van der Waals surface area contributed by atoms with Crippen LogP contribution >= 0.6 is 0 Å². The average molecular weight is 360 g/mol. The smallest absolute Gasteiger partial charge is 0.293 e. The zero-order valence-electron chi connectivity index (χ0n) is 14.9. The number of nitrogens with one attached hydrogen (secondary N) is 2. The molecule has 0 bridgehead atoms. The second-order valence-electron chi connectivity index (χ2n) is 7.18. The molecule has 0 aromatic heterocycles. The molecule has 1 aromatic rings. The van der Waals surface area contributed by atoms with Crippen molar-refractivity contribution >= 4 is 23.2 Å². The number of piperidine rings is 1. The van der Waals surface area contributed by atoms with Crippen molar-refractivity contribution in [1.29, 1.82) is 0 Å². The van der Waals surface area contributed by atoms with Gasteiger partial charge in [0.1, 0.15) is 5.69 Å². The van der Waals surface area contributed by atoms with Gasteiger partial charge in [-0.1, -0.05) is 6.92 Å². The van der Waals surface area contributed by atoms with Gasteiger partial charge < -0.3 is 15.5 Å². The number of rotatable bonds is 6. The third-order valence-electron chi connectivity index (χ3n) is 4.78. The summed E-state index contributed by atoms with van der Waals surface area (Å²) in [6.07, 6.45) is 4.06. The highest BCUT2D eigenvalue weighted by molar-refractivity contribution is 5.97. The molecule has 1 heterocycles. The number of nitro groups is 1. The molecule has 1 saturated heterocycles. The van der Waals surface area contributed by atoms with E-state index in [2.05, 4.69) is 17.6 Å². The Morgan fingerprint density at radius 3 is 2.73 bits per heavy atom. The second kappa shape index (κ2) is 7.72. The lowest BCUT2D eigenvalue weighted by atomic mass is 9.99. The fourth-order valence-corrected chi connectivity index (χ4v) is 3.26. The van der Waals surface area contributed by atoms with Gasteiger partial charge in [-0.3, -0.25) is 19.7 Å². The number of benzene rings is 1. The molecule has 2 N–H and O–H groups in total. The molecule has 2 fully saturated rings. The van der Waals surface area contributed by atoms with Gasteiger partial charge in [-0.2, -0.15) is 0 Å². The van der Waals surface area contributed by atoms with Crippen LogP contribution < -0.4 is 15.5 Å². The van der Waals surface area contributed by atoms with Gasteiger partial charge in [0, 0.05) is 30.8 Å². The van der Waals surface area contributed by atoms with Crippen LogP contribution in [-0.4, -0.2) is 42.4 Å². The molecule has 2 amide bonds. The summed E-state index contributed by atoms with van der Waals surface area (Å²) in [4.78, 5) is 36.9. The molecule has 1 aliphatic carbocycles. The van der Waals surface area contributed by atoms with Crippen molar-refractivity contribution in [2.75, 3.05) is 24.5 Å². The summed E-state index contributed by atoms with van der Waals surface area (Å²) < 4.78 is 0. The fourth-order valence-electron chi connectivity index (χ4n) is 3.26. The predicted molar refractivity (Wildman–Crippen MR) is 97.2 cm³/mol. The molecule has 8 nitrogen and oxygen atoms in total. The van der Waals surface area contributed by atoms with Crippen molar-refractivity contribution in [3.63, 3.8) is 0 Å². The van der Waals surface area contributed by atoms with Crippen LogP contribution in [0.15, 0.2) is 18.2 Å². The van der Waals surface area contributed by atoms with Crippen LogP contribution in [-0.2, 0) is 4.79 Å². The minimum atomic E-state index is -0.488. The van der Waals surface area contributed by atoms with Gasteiger partial charge >= 0.3 is 0 Å². The number of hydrogen-bond acceptors (Lipinski definition) is 5. The van der Waals surface area contributed by atoms with Gasteiger partial charge in [-0.25, -0.2) is 0 Å². The van der Waals surface area contributed by atoms with Crippen LogP contribution in [0, 0.1) is 16.0 Å². The zero-order valence-corrected chi connectivity index (χ0v) is 14.9. The monoisotopic (exact) mass is 360 g/mol. The first-order chi connectivity index (χ1) is 12.4. The van der Waals surface area contributed by atoms with E-state index in [0.29, 0.717) is 11.6 Å². The van der Waals surface area contributed by atoms with Crippen LogP contribution in [0.2, 0.25) is 0 Å². The summed E-state index contributed by atoms with van der Waals surface area (Å²) in [5.41, 5.74) is 0.656. The first kappa shape index (κ1) is 18.2. The van der Waals surface area contributed by atoms with E-state index in [0.717, 1.165) is 38.8 Å². The Hall–Kier alpha value is -2.64. The molecule has 0 radical (unpaired) electrons. The fraction of sp³-hybridized carbons (Fsp3) is 0.556. The van der Waals surface area contributed by atoms with Crippen LogP contribution in [0.5, 0.6) is 0 Å². The number of carbonyl (C=O) groups excluding carboxylic acids is 2. The summed E-state index contributed by atoms with van der Waals surface area (Å²) in [5, 5.41) is 16.8. The maximum absolute atomic E-state index is 12.2. The Morgan fingerprint density at radius 1 is 1.31 bits per heavy atom. The van der Waals surface area contributed by atoms with Crippen molar-refractivity contribution in [2.45, 2.75) is 38.6 Å².